The molecule has 1 aliphatic heterocycles. The van der Waals surface area contributed by atoms with E-state index in [9.17, 15) is 4.79 Å². The summed E-state index contributed by atoms with van der Waals surface area (Å²) in [5.41, 5.74) is 4.56. The molecule has 1 atom stereocenters. The maximum Gasteiger partial charge on any atom is 0.232 e. The van der Waals surface area contributed by atoms with Gasteiger partial charge in [0, 0.05) is 31.4 Å². The molecule has 2 aromatic rings. The fourth-order valence-corrected chi connectivity index (χ4v) is 3.70. The number of rotatable bonds is 2. The van der Waals surface area contributed by atoms with Gasteiger partial charge in [-0.05, 0) is 31.4 Å². The van der Waals surface area contributed by atoms with Crippen LogP contribution in [-0.4, -0.2) is 31.9 Å². The van der Waals surface area contributed by atoms with E-state index in [1.54, 1.807) is 6.20 Å². The van der Waals surface area contributed by atoms with Crippen LogP contribution < -0.4 is 0 Å². The number of carbonyl (C=O) groups is 1. The summed E-state index contributed by atoms with van der Waals surface area (Å²) in [6, 6.07) is 4.04. The van der Waals surface area contributed by atoms with E-state index in [0.717, 1.165) is 43.7 Å². The third-order valence-corrected chi connectivity index (χ3v) is 4.90. The number of amides is 1. The molecule has 5 nitrogen and oxygen atoms in total. The standard InChI is InChI=1S/C17H20N4O/c1-2-20-11-19-14-10-21(9-7-15(14)20)17(22)13-6-5-12-4-3-8-18-16(12)13/h3-4,8,11,13H,2,5-7,9-10H2,1H3. The second-order valence-electron chi connectivity index (χ2n) is 6.07. The number of aryl methyl sites for hydroxylation is 2. The van der Waals surface area contributed by atoms with Crippen molar-refractivity contribution in [3.8, 4) is 0 Å². The van der Waals surface area contributed by atoms with Crippen molar-refractivity contribution >= 4 is 5.91 Å². The molecule has 22 heavy (non-hydrogen) atoms. The molecule has 0 fully saturated rings. The highest BCUT2D eigenvalue weighted by Crippen LogP contribution is 2.33. The Labute approximate surface area is 130 Å². The highest BCUT2D eigenvalue weighted by atomic mass is 16.2. The van der Waals surface area contributed by atoms with Crippen molar-refractivity contribution in [3.05, 3.63) is 47.3 Å². The Balaban J connectivity index is 1.55. The van der Waals surface area contributed by atoms with Gasteiger partial charge in [-0.1, -0.05) is 6.07 Å². The number of pyridine rings is 1. The van der Waals surface area contributed by atoms with E-state index >= 15 is 0 Å². The fraction of sp³-hybridized carbons (Fsp3) is 0.471. The van der Waals surface area contributed by atoms with Crippen molar-refractivity contribution in [2.45, 2.75) is 45.2 Å². The highest BCUT2D eigenvalue weighted by molar-refractivity contribution is 5.84. The monoisotopic (exact) mass is 296 g/mol. The Hall–Kier alpha value is -2.17. The van der Waals surface area contributed by atoms with Crippen molar-refractivity contribution in [3.63, 3.8) is 0 Å². The Morgan fingerprint density at radius 1 is 1.36 bits per heavy atom. The molecular weight excluding hydrogens is 276 g/mol. The number of fused-ring (bicyclic) bond motifs is 2. The van der Waals surface area contributed by atoms with E-state index in [2.05, 4.69) is 27.5 Å². The zero-order valence-electron chi connectivity index (χ0n) is 12.8. The molecule has 3 heterocycles. The molecule has 1 aliphatic carbocycles. The Morgan fingerprint density at radius 2 is 2.27 bits per heavy atom. The molecule has 5 heteroatoms. The molecule has 4 rings (SSSR count). The van der Waals surface area contributed by atoms with Crippen molar-refractivity contribution in [1.82, 2.24) is 19.4 Å². The largest absolute Gasteiger partial charge is 0.336 e. The Kier molecular flexibility index (Phi) is 3.21. The maximum absolute atomic E-state index is 12.9. The highest BCUT2D eigenvalue weighted by Gasteiger charge is 2.34. The number of hydrogen-bond acceptors (Lipinski definition) is 3. The van der Waals surface area contributed by atoms with Gasteiger partial charge < -0.3 is 9.47 Å². The Bertz CT molecular complexity index is 721. The van der Waals surface area contributed by atoms with Crippen molar-refractivity contribution < 1.29 is 4.79 Å². The minimum atomic E-state index is -0.0639. The fourth-order valence-electron chi connectivity index (χ4n) is 3.70. The number of hydrogen-bond donors (Lipinski definition) is 0. The van der Waals surface area contributed by atoms with Crippen LogP contribution in [0.4, 0.5) is 0 Å². The van der Waals surface area contributed by atoms with E-state index < -0.39 is 0 Å². The van der Waals surface area contributed by atoms with E-state index in [4.69, 9.17) is 0 Å². The summed E-state index contributed by atoms with van der Waals surface area (Å²) in [6.45, 7) is 4.49. The van der Waals surface area contributed by atoms with Gasteiger partial charge in [0.05, 0.1) is 30.2 Å². The minimum absolute atomic E-state index is 0.0639. The van der Waals surface area contributed by atoms with Gasteiger partial charge in [0.15, 0.2) is 0 Å². The summed E-state index contributed by atoms with van der Waals surface area (Å²) in [5.74, 6) is 0.153. The summed E-state index contributed by atoms with van der Waals surface area (Å²) < 4.78 is 2.18. The lowest BCUT2D eigenvalue weighted by Crippen LogP contribution is -2.39. The van der Waals surface area contributed by atoms with Crippen LogP contribution in [0.1, 0.15) is 41.9 Å². The number of carbonyl (C=O) groups excluding carboxylic acids is 1. The minimum Gasteiger partial charge on any atom is -0.336 e. The van der Waals surface area contributed by atoms with Crippen molar-refractivity contribution in [2.75, 3.05) is 6.54 Å². The number of aromatic nitrogens is 3. The molecule has 0 aromatic carbocycles. The normalized spacial score (nSPS) is 19.9. The van der Waals surface area contributed by atoms with Gasteiger partial charge in [-0.2, -0.15) is 0 Å². The Morgan fingerprint density at radius 3 is 3.14 bits per heavy atom. The van der Waals surface area contributed by atoms with Gasteiger partial charge in [-0.15, -0.1) is 0 Å². The molecular formula is C17H20N4O. The van der Waals surface area contributed by atoms with E-state index in [0.29, 0.717) is 6.54 Å². The molecule has 2 aliphatic rings. The first-order chi connectivity index (χ1) is 10.8. The van der Waals surface area contributed by atoms with Gasteiger partial charge in [0.1, 0.15) is 0 Å². The van der Waals surface area contributed by atoms with Crippen molar-refractivity contribution in [1.29, 1.82) is 0 Å². The predicted molar refractivity (Wildman–Crippen MR) is 82.3 cm³/mol. The number of imidazole rings is 1. The van der Waals surface area contributed by atoms with E-state index in [-0.39, 0.29) is 11.8 Å². The second kappa shape index (κ2) is 5.23. The van der Waals surface area contributed by atoms with Crippen LogP contribution in [0.5, 0.6) is 0 Å². The average molecular weight is 296 g/mol. The molecule has 0 radical (unpaired) electrons. The van der Waals surface area contributed by atoms with Gasteiger partial charge in [0.2, 0.25) is 5.91 Å². The summed E-state index contributed by atoms with van der Waals surface area (Å²) >= 11 is 0. The topological polar surface area (TPSA) is 51.0 Å². The first-order valence-electron chi connectivity index (χ1n) is 8.03. The zero-order chi connectivity index (χ0) is 15.1. The zero-order valence-corrected chi connectivity index (χ0v) is 12.8. The summed E-state index contributed by atoms with van der Waals surface area (Å²) in [5, 5.41) is 0. The van der Waals surface area contributed by atoms with Crippen LogP contribution in [0, 0.1) is 0 Å². The summed E-state index contributed by atoms with van der Waals surface area (Å²) in [6.07, 6.45) is 6.44. The predicted octanol–water partition coefficient (Wildman–Crippen LogP) is 1.91. The molecule has 0 saturated carbocycles. The van der Waals surface area contributed by atoms with Gasteiger partial charge in [-0.25, -0.2) is 4.98 Å². The van der Waals surface area contributed by atoms with E-state index in [1.807, 2.05) is 17.3 Å². The third kappa shape index (κ3) is 2.03. The summed E-state index contributed by atoms with van der Waals surface area (Å²) in [4.78, 5) is 23.8. The molecule has 0 saturated heterocycles. The van der Waals surface area contributed by atoms with Crippen LogP contribution >= 0.6 is 0 Å². The molecule has 114 valence electrons. The molecule has 0 spiro atoms. The van der Waals surface area contributed by atoms with Gasteiger partial charge >= 0.3 is 0 Å². The smallest absolute Gasteiger partial charge is 0.232 e. The third-order valence-electron chi connectivity index (χ3n) is 4.90. The van der Waals surface area contributed by atoms with Crippen LogP contribution in [0.3, 0.4) is 0 Å². The van der Waals surface area contributed by atoms with Gasteiger partial charge in [0.25, 0.3) is 0 Å². The van der Waals surface area contributed by atoms with Crippen molar-refractivity contribution in [2.24, 2.45) is 0 Å². The molecule has 1 unspecified atom stereocenters. The number of nitrogens with zero attached hydrogens (tertiary/aromatic N) is 4. The van der Waals surface area contributed by atoms with Crippen LogP contribution in [0.25, 0.3) is 0 Å². The lowest BCUT2D eigenvalue weighted by atomic mass is 10.0. The molecule has 0 N–H and O–H groups in total. The van der Waals surface area contributed by atoms with Crippen LogP contribution in [-0.2, 0) is 30.7 Å². The quantitative estimate of drug-likeness (QED) is 0.850. The lowest BCUT2D eigenvalue weighted by molar-refractivity contribution is -0.133. The maximum atomic E-state index is 12.9. The van der Waals surface area contributed by atoms with Crippen LogP contribution in [0.2, 0.25) is 0 Å². The first-order valence-corrected chi connectivity index (χ1v) is 8.03. The molecule has 1 amide bonds. The molecule has 0 bridgehead atoms. The molecule has 2 aromatic heterocycles. The average Bonchev–Trinajstić information content (AvgIpc) is 3.17. The van der Waals surface area contributed by atoms with E-state index in [1.165, 1.54) is 11.3 Å². The SMILES string of the molecule is CCn1cnc2c1CCN(C(=O)C1CCc3cccnc31)C2. The van der Waals surface area contributed by atoms with Gasteiger partial charge in [-0.3, -0.25) is 9.78 Å². The van der Waals surface area contributed by atoms with Crippen LogP contribution in [0.15, 0.2) is 24.7 Å². The lowest BCUT2D eigenvalue weighted by Gasteiger charge is -2.29. The summed E-state index contributed by atoms with van der Waals surface area (Å²) in [7, 11) is 0. The first kappa shape index (κ1) is 13.5. The second-order valence-corrected chi connectivity index (χ2v) is 6.07.